The molecule has 1 amide bonds. The lowest BCUT2D eigenvalue weighted by Gasteiger charge is -2.18. The molecule has 9 nitrogen and oxygen atoms in total. The van der Waals surface area contributed by atoms with Gasteiger partial charge in [0.1, 0.15) is 11.6 Å². The molecule has 2 aromatic heterocycles. The molecule has 2 N–H and O–H groups in total. The van der Waals surface area contributed by atoms with Crippen LogP contribution in [0.1, 0.15) is 29.6 Å². The van der Waals surface area contributed by atoms with Gasteiger partial charge in [-0.2, -0.15) is 17.8 Å². The summed E-state index contributed by atoms with van der Waals surface area (Å²) < 4.78 is 53.2. The summed E-state index contributed by atoms with van der Waals surface area (Å²) in [7, 11) is -3.99. The van der Waals surface area contributed by atoms with Gasteiger partial charge in [0.15, 0.2) is 0 Å². The van der Waals surface area contributed by atoms with Gasteiger partial charge in [0.2, 0.25) is 0 Å². The number of hydrogen-bond acceptors (Lipinski definition) is 6. The lowest BCUT2D eigenvalue weighted by molar-refractivity contribution is 0.0980. The number of fused-ring (bicyclic) bond motifs is 1. The second-order valence-corrected chi connectivity index (χ2v) is 9.81. The SMILES string of the molecule is Fc1ccc(F)cc1.O=C(NS(=O)(=O)N1CCC(O)C1)c1cnn2ccc(N3CCCC3)cc12. The van der Waals surface area contributed by atoms with Crippen LogP contribution in [0, 0.1) is 11.6 Å². The largest absolute Gasteiger partial charge is 0.392 e. The van der Waals surface area contributed by atoms with Crippen molar-refractivity contribution >= 4 is 27.3 Å². The van der Waals surface area contributed by atoms with Crippen molar-refractivity contribution in [2.24, 2.45) is 0 Å². The Labute approximate surface area is 195 Å². The second kappa shape index (κ2) is 10.0. The average molecular weight is 494 g/mol. The van der Waals surface area contributed by atoms with Crippen LogP contribution in [0.25, 0.3) is 5.52 Å². The van der Waals surface area contributed by atoms with E-state index in [1.807, 2.05) is 12.1 Å². The number of pyridine rings is 1. The molecule has 1 atom stereocenters. The molecule has 0 bridgehead atoms. The van der Waals surface area contributed by atoms with Crippen LogP contribution in [0.3, 0.4) is 0 Å². The zero-order chi connectivity index (χ0) is 24.3. The minimum atomic E-state index is -3.99. The summed E-state index contributed by atoms with van der Waals surface area (Å²) in [5.41, 5.74) is 1.76. The molecule has 0 aliphatic carbocycles. The molecule has 4 heterocycles. The molecule has 0 saturated carbocycles. The zero-order valence-corrected chi connectivity index (χ0v) is 19.1. The maximum atomic E-state index is 12.6. The Hall–Kier alpha value is -3.09. The van der Waals surface area contributed by atoms with Crippen molar-refractivity contribution in [3.8, 4) is 0 Å². The molecule has 2 saturated heterocycles. The number of carbonyl (C=O) groups is 1. The van der Waals surface area contributed by atoms with Crippen LogP contribution in [0.5, 0.6) is 0 Å². The van der Waals surface area contributed by atoms with Gasteiger partial charge < -0.3 is 10.0 Å². The number of hydrogen-bond donors (Lipinski definition) is 2. The van der Waals surface area contributed by atoms with Crippen LogP contribution >= 0.6 is 0 Å². The number of β-amino-alcohol motifs (C(OH)–C–C–N with tert-alkyl or cyclic N) is 1. The van der Waals surface area contributed by atoms with Gasteiger partial charge in [-0.15, -0.1) is 0 Å². The standard InChI is InChI=1S/C16H21N5O4S.C6H4F2/c22-13-4-7-20(11-13)26(24,25)18-16(23)14-10-17-21-8-3-12(9-15(14)21)19-5-1-2-6-19;7-5-1-2-6(8)4-3-5/h3,8-10,13,22H,1-2,4-7,11H2,(H,18,23);1-4H. The van der Waals surface area contributed by atoms with E-state index in [-0.39, 0.29) is 18.7 Å². The first-order chi connectivity index (χ1) is 16.2. The van der Waals surface area contributed by atoms with Crippen LogP contribution in [-0.2, 0) is 10.2 Å². The maximum absolute atomic E-state index is 12.6. The summed E-state index contributed by atoms with van der Waals surface area (Å²) >= 11 is 0. The first kappa shape index (κ1) is 24.0. The fraction of sp³-hybridized carbons (Fsp3) is 0.364. The molecular weight excluding hydrogens is 468 g/mol. The molecule has 182 valence electrons. The number of aliphatic hydroxyl groups excluding tert-OH is 1. The van der Waals surface area contributed by atoms with Crippen molar-refractivity contribution in [2.45, 2.75) is 25.4 Å². The van der Waals surface area contributed by atoms with Crippen LogP contribution in [0.4, 0.5) is 14.5 Å². The number of nitrogens with zero attached hydrogens (tertiary/aromatic N) is 4. The number of halogens is 2. The average Bonchev–Trinajstić information content (AvgIpc) is 3.56. The van der Waals surface area contributed by atoms with E-state index in [0.29, 0.717) is 11.9 Å². The quantitative estimate of drug-likeness (QED) is 0.575. The second-order valence-electron chi connectivity index (χ2n) is 8.14. The molecule has 3 aromatic rings. The first-order valence-corrected chi connectivity index (χ1v) is 12.3. The first-order valence-electron chi connectivity index (χ1n) is 10.9. The van der Waals surface area contributed by atoms with Gasteiger partial charge >= 0.3 is 10.2 Å². The molecule has 0 radical (unpaired) electrons. The predicted molar refractivity (Wildman–Crippen MR) is 122 cm³/mol. The highest BCUT2D eigenvalue weighted by Crippen LogP contribution is 2.23. The van der Waals surface area contributed by atoms with E-state index in [1.54, 1.807) is 10.7 Å². The molecule has 0 spiro atoms. The minimum Gasteiger partial charge on any atom is -0.392 e. The van der Waals surface area contributed by atoms with Crippen LogP contribution in [0.15, 0.2) is 48.8 Å². The van der Waals surface area contributed by atoms with Gasteiger partial charge in [0, 0.05) is 38.1 Å². The molecule has 34 heavy (non-hydrogen) atoms. The van der Waals surface area contributed by atoms with Gasteiger partial charge in [-0.3, -0.25) is 4.79 Å². The number of nitrogens with one attached hydrogen (secondary N) is 1. The highest BCUT2D eigenvalue weighted by molar-refractivity contribution is 7.87. The number of anilines is 1. The number of amides is 1. The number of benzene rings is 1. The van der Waals surface area contributed by atoms with Crippen molar-refractivity contribution < 1.29 is 27.1 Å². The molecule has 2 aliphatic heterocycles. The fourth-order valence-corrected chi connectivity index (χ4v) is 5.10. The Bertz CT molecular complexity index is 1240. The third-order valence-corrected chi connectivity index (χ3v) is 7.17. The van der Waals surface area contributed by atoms with Crippen molar-refractivity contribution in [3.63, 3.8) is 0 Å². The highest BCUT2D eigenvalue weighted by atomic mass is 32.2. The third-order valence-electron chi connectivity index (χ3n) is 5.71. The lowest BCUT2D eigenvalue weighted by atomic mass is 10.2. The van der Waals surface area contributed by atoms with E-state index in [1.165, 1.54) is 6.20 Å². The molecule has 5 rings (SSSR count). The predicted octanol–water partition coefficient (Wildman–Crippen LogP) is 1.94. The highest BCUT2D eigenvalue weighted by Gasteiger charge is 2.32. The van der Waals surface area contributed by atoms with E-state index < -0.39 is 33.9 Å². The number of carbonyl (C=O) groups excluding carboxylic acids is 1. The van der Waals surface area contributed by atoms with Gasteiger partial charge in [-0.1, -0.05) is 0 Å². The van der Waals surface area contributed by atoms with Crippen molar-refractivity contribution in [1.29, 1.82) is 0 Å². The minimum absolute atomic E-state index is 0.00349. The smallest absolute Gasteiger partial charge is 0.304 e. The molecular formula is C22H25F2N5O4S. The van der Waals surface area contributed by atoms with Gasteiger partial charge in [-0.05, 0) is 55.7 Å². The van der Waals surface area contributed by atoms with Crippen molar-refractivity contribution in [1.82, 2.24) is 18.6 Å². The van der Waals surface area contributed by atoms with Crippen molar-refractivity contribution in [3.05, 3.63) is 66.0 Å². The van der Waals surface area contributed by atoms with Crippen LogP contribution in [-0.4, -0.2) is 65.6 Å². The van der Waals surface area contributed by atoms with Crippen LogP contribution in [0.2, 0.25) is 0 Å². The summed E-state index contributed by atoms with van der Waals surface area (Å²) in [5.74, 6) is -1.54. The summed E-state index contributed by atoms with van der Waals surface area (Å²) in [6, 6.07) is 8.12. The number of aromatic nitrogens is 2. The molecule has 2 aliphatic rings. The van der Waals surface area contributed by atoms with E-state index in [9.17, 15) is 27.1 Å². The summed E-state index contributed by atoms with van der Waals surface area (Å²) in [4.78, 5) is 14.8. The Morgan fingerprint density at radius 1 is 1.06 bits per heavy atom. The van der Waals surface area contributed by atoms with E-state index in [2.05, 4.69) is 14.7 Å². The van der Waals surface area contributed by atoms with Gasteiger partial charge in [0.05, 0.1) is 23.4 Å². The summed E-state index contributed by atoms with van der Waals surface area (Å²) in [6.45, 7) is 2.13. The molecule has 1 unspecified atom stereocenters. The Morgan fingerprint density at radius 3 is 2.29 bits per heavy atom. The fourth-order valence-electron chi connectivity index (χ4n) is 3.91. The van der Waals surface area contributed by atoms with E-state index in [0.717, 1.165) is 60.2 Å². The van der Waals surface area contributed by atoms with Gasteiger partial charge in [0.25, 0.3) is 5.91 Å². The zero-order valence-electron chi connectivity index (χ0n) is 18.3. The molecule has 2 fully saturated rings. The van der Waals surface area contributed by atoms with Crippen molar-refractivity contribution in [2.75, 3.05) is 31.1 Å². The monoisotopic (exact) mass is 493 g/mol. The van der Waals surface area contributed by atoms with E-state index in [4.69, 9.17) is 0 Å². The molecule has 1 aromatic carbocycles. The molecule has 12 heteroatoms. The van der Waals surface area contributed by atoms with Crippen LogP contribution < -0.4 is 9.62 Å². The topological polar surface area (TPSA) is 107 Å². The van der Waals surface area contributed by atoms with Gasteiger partial charge in [-0.25, -0.2) is 18.0 Å². The summed E-state index contributed by atoms with van der Waals surface area (Å²) in [5, 5.41) is 13.7. The summed E-state index contributed by atoms with van der Waals surface area (Å²) in [6.07, 6.45) is 5.08. The number of aliphatic hydroxyl groups is 1. The van der Waals surface area contributed by atoms with E-state index >= 15 is 0 Å². The Balaban J connectivity index is 0.000000291. The Kier molecular flexibility index (Phi) is 7.10. The lowest BCUT2D eigenvalue weighted by Crippen LogP contribution is -2.42. The maximum Gasteiger partial charge on any atom is 0.304 e. The third kappa shape index (κ3) is 5.51. The number of rotatable bonds is 4. The Morgan fingerprint density at radius 2 is 1.71 bits per heavy atom. The normalized spacial score (nSPS) is 18.7.